The minimum absolute atomic E-state index is 0.216. The molecule has 5 heteroatoms. The highest BCUT2D eigenvalue weighted by Gasteiger charge is 2.05. The molecule has 0 atom stereocenters. The molecule has 1 N–H and O–H groups in total. The molecule has 2 aromatic carbocycles. The van der Waals surface area contributed by atoms with E-state index in [0.29, 0.717) is 35.4 Å². The van der Waals surface area contributed by atoms with Gasteiger partial charge in [-0.05, 0) is 61.4 Å². The molecule has 0 saturated carbocycles. The average Bonchev–Trinajstić information content (AvgIpc) is 2.61. The topological polar surface area (TPSA) is 47.6 Å². The summed E-state index contributed by atoms with van der Waals surface area (Å²) in [7, 11) is 0. The van der Waals surface area contributed by atoms with E-state index in [4.69, 9.17) is 21.1 Å². The number of hydrogen-bond acceptors (Lipinski definition) is 3. The number of carbonyl (C=O) groups is 1. The van der Waals surface area contributed by atoms with E-state index in [2.05, 4.69) is 12.2 Å². The van der Waals surface area contributed by atoms with E-state index in [-0.39, 0.29) is 5.91 Å². The van der Waals surface area contributed by atoms with Crippen molar-refractivity contribution in [2.45, 2.75) is 20.3 Å². The fraction of sp³-hybridized carbons (Fsp3) is 0.250. The highest BCUT2D eigenvalue weighted by Crippen LogP contribution is 2.29. The summed E-state index contributed by atoms with van der Waals surface area (Å²) >= 11 is 5.83. The lowest BCUT2D eigenvalue weighted by Gasteiger charge is -2.12. The van der Waals surface area contributed by atoms with Crippen molar-refractivity contribution >= 4 is 29.3 Å². The van der Waals surface area contributed by atoms with Crippen LogP contribution in [-0.4, -0.2) is 19.1 Å². The molecule has 132 valence electrons. The van der Waals surface area contributed by atoms with Gasteiger partial charge in [0.05, 0.1) is 13.2 Å². The van der Waals surface area contributed by atoms with Crippen LogP contribution >= 0.6 is 11.6 Å². The summed E-state index contributed by atoms with van der Waals surface area (Å²) in [6.07, 6.45) is 4.14. The number of carbonyl (C=O) groups excluding carboxylic acids is 1. The largest absolute Gasteiger partial charge is 0.490 e. The molecule has 2 aromatic rings. The van der Waals surface area contributed by atoms with Crippen molar-refractivity contribution in [3.05, 3.63) is 59.1 Å². The van der Waals surface area contributed by atoms with E-state index in [0.717, 1.165) is 12.0 Å². The maximum atomic E-state index is 12.0. The first-order valence-electron chi connectivity index (χ1n) is 8.26. The first-order valence-corrected chi connectivity index (χ1v) is 8.64. The van der Waals surface area contributed by atoms with E-state index in [9.17, 15) is 4.79 Å². The Bertz CT molecular complexity index is 726. The van der Waals surface area contributed by atoms with Gasteiger partial charge < -0.3 is 14.8 Å². The highest BCUT2D eigenvalue weighted by atomic mass is 35.5. The zero-order valence-corrected chi connectivity index (χ0v) is 15.2. The number of rotatable bonds is 8. The third kappa shape index (κ3) is 6.16. The number of halogens is 1. The SMILES string of the molecule is CCCOc1ccc(/C=C/C(=O)Nc2ccc(Cl)cc2)cc1OCC. The molecule has 0 bridgehead atoms. The Labute approximate surface area is 153 Å². The van der Waals surface area contributed by atoms with Gasteiger partial charge in [-0.15, -0.1) is 0 Å². The standard InChI is InChI=1S/C20H22ClNO3/c1-3-13-25-18-11-5-15(14-19(18)24-4-2)6-12-20(23)22-17-9-7-16(21)8-10-17/h5-12,14H,3-4,13H2,1-2H3,(H,22,23)/b12-6+. The predicted molar refractivity (Wildman–Crippen MR) is 103 cm³/mol. The summed E-state index contributed by atoms with van der Waals surface area (Å²) < 4.78 is 11.3. The number of ether oxygens (including phenoxy) is 2. The Hall–Kier alpha value is -2.46. The molecule has 0 aliphatic carbocycles. The lowest BCUT2D eigenvalue weighted by atomic mass is 10.2. The number of hydrogen-bond donors (Lipinski definition) is 1. The summed E-state index contributed by atoms with van der Waals surface area (Å²) in [6.45, 7) is 5.16. The van der Waals surface area contributed by atoms with Gasteiger partial charge in [0.1, 0.15) is 0 Å². The van der Waals surface area contributed by atoms with Gasteiger partial charge in [-0.25, -0.2) is 0 Å². The molecule has 4 nitrogen and oxygen atoms in total. The number of amides is 1. The van der Waals surface area contributed by atoms with Crippen LogP contribution in [0.3, 0.4) is 0 Å². The second kappa shape index (κ2) is 9.74. The molecule has 0 aliphatic rings. The molecule has 0 fully saturated rings. The monoisotopic (exact) mass is 359 g/mol. The quantitative estimate of drug-likeness (QED) is 0.660. The zero-order valence-electron chi connectivity index (χ0n) is 14.4. The second-order valence-corrected chi connectivity index (χ2v) is 5.75. The molecule has 2 rings (SSSR count). The van der Waals surface area contributed by atoms with E-state index >= 15 is 0 Å². The molecular formula is C20H22ClNO3. The van der Waals surface area contributed by atoms with Crippen molar-refractivity contribution in [3.63, 3.8) is 0 Å². The summed E-state index contributed by atoms with van der Waals surface area (Å²) in [5, 5.41) is 3.41. The third-order valence-electron chi connectivity index (χ3n) is 3.27. The van der Waals surface area contributed by atoms with Gasteiger partial charge in [-0.3, -0.25) is 4.79 Å². The first-order chi connectivity index (χ1) is 12.1. The summed E-state index contributed by atoms with van der Waals surface area (Å²) in [4.78, 5) is 12.0. The second-order valence-electron chi connectivity index (χ2n) is 5.32. The van der Waals surface area contributed by atoms with Crippen LogP contribution in [0.1, 0.15) is 25.8 Å². The summed E-state index contributed by atoms with van der Waals surface area (Å²) in [6, 6.07) is 12.6. The molecule has 0 spiro atoms. The molecule has 25 heavy (non-hydrogen) atoms. The van der Waals surface area contributed by atoms with Crippen molar-refractivity contribution in [1.29, 1.82) is 0 Å². The number of benzene rings is 2. The molecular weight excluding hydrogens is 338 g/mol. The number of anilines is 1. The van der Waals surface area contributed by atoms with Gasteiger partial charge >= 0.3 is 0 Å². The van der Waals surface area contributed by atoms with Crippen LogP contribution in [0.4, 0.5) is 5.69 Å². The van der Waals surface area contributed by atoms with Crippen molar-refractivity contribution in [2.24, 2.45) is 0 Å². The van der Waals surface area contributed by atoms with Gasteiger partial charge in [0.2, 0.25) is 5.91 Å². The van der Waals surface area contributed by atoms with Gasteiger partial charge in [0.25, 0.3) is 0 Å². The van der Waals surface area contributed by atoms with E-state index < -0.39 is 0 Å². The van der Waals surface area contributed by atoms with Crippen molar-refractivity contribution in [1.82, 2.24) is 0 Å². The fourth-order valence-electron chi connectivity index (χ4n) is 2.12. The van der Waals surface area contributed by atoms with Crippen LogP contribution in [0.25, 0.3) is 6.08 Å². The van der Waals surface area contributed by atoms with Gasteiger partial charge in [0, 0.05) is 16.8 Å². The Kier molecular flexibility index (Phi) is 7.36. The normalized spacial score (nSPS) is 10.7. The van der Waals surface area contributed by atoms with Crippen LogP contribution < -0.4 is 14.8 Å². The summed E-state index contributed by atoms with van der Waals surface area (Å²) in [5.41, 5.74) is 1.55. The maximum absolute atomic E-state index is 12.0. The maximum Gasteiger partial charge on any atom is 0.248 e. The lowest BCUT2D eigenvalue weighted by molar-refractivity contribution is -0.111. The summed E-state index contributed by atoms with van der Waals surface area (Å²) in [5.74, 6) is 1.18. The van der Waals surface area contributed by atoms with Crippen LogP contribution in [0, 0.1) is 0 Å². The highest BCUT2D eigenvalue weighted by molar-refractivity contribution is 6.30. The van der Waals surface area contributed by atoms with Gasteiger partial charge in [0.15, 0.2) is 11.5 Å². The molecule has 0 radical (unpaired) electrons. The minimum Gasteiger partial charge on any atom is -0.490 e. The molecule has 0 aliphatic heterocycles. The van der Waals surface area contributed by atoms with E-state index in [1.54, 1.807) is 30.3 Å². The Morgan fingerprint density at radius 3 is 2.52 bits per heavy atom. The Morgan fingerprint density at radius 2 is 1.84 bits per heavy atom. The zero-order chi connectivity index (χ0) is 18.1. The van der Waals surface area contributed by atoms with Crippen LogP contribution in [-0.2, 0) is 4.79 Å². The molecule has 0 heterocycles. The van der Waals surface area contributed by atoms with Crippen LogP contribution in [0.15, 0.2) is 48.5 Å². The number of nitrogens with one attached hydrogen (secondary N) is 1. The smallest absolute Gasteiger partial charge is 0.248 e. The molecule has 0 aromatic heterocycles. The van der Waals surface area contributed by atoms with Gasteiger partial charge in [-0.1, -0.05) is 24.6 Å². The van der Waals surface area contributed by atoms with Gasteiger partial charge in [-0.2, -0.15) is 0 Å². The minimum atomic E-state index is -0.216. The van der Waals surface area contributed by atoms with E-state index in [1.165, 1.54) is 6.08 Å². The third-order valence-corrected chi connectivity index (χ3v) is 3.52. The Balaban J connectivity index is 2.04. The first kappa shape index (κ1) is 18.9. The average molecular weight is 360 g/mol. The van der Waals surface area contributed by atoms with E-state index in [1.807, 2.05) is 25.1 Å². The molecule has 0 saturated heterocycles. The van der Waals surface area contributed by atoms with Crippen LogP contribution in [0.5, 0.6) is 11.5 Å². The van der Waals surface area contributed by atoms with Crippen LogP contribution in [0.2, 0.25) is 5.02 Å². The van der Waals surface area contributed by atoms with Crippen molar-refractivity contribution in [2.75, 3.05) is 18.5 Å². The Morgan fingerprint density at radius 1 is 1.08 bits per heavy atom. The fourth-order valence-corrected chi connectivity index (χ4v) is 2.24. The van der Waals surface area contributed by atoms with Crippen molar-refractivity contribution in [3.8, 4) is 11.5 Å². The lowest BCUT2D eigenvalue weighted by Crippen LogP contribution is -2.07. The van der Waals surface area contributed by atoms with Crippen molar-refractivity contribution < 1.29 is 14.3 Å². The molecule has 1 amide bonds. The predicted octanol–water partition coefficient (Wildman–Crippen LogP) is 5.18. The molecule has 0 unspecified atom stereocenters.